The van der Waals surface area contributed by atoms with E-state index in [9.17, 15) is 23.5 Å². The Hall–Kier alpha value is -4.77. The van der Waals surface area contributed by atoms with Gasteiger partial charge in [0.1, 0.15) is 23.9 Å². The molecule has 0 radical (unpaired) electrons. The Morgan fingerprint density at radius 3 is 2.52 bits per heavy atom. The molecule has 1 N–H and O–H groups in total. The number of allylic oxidation sites excluding steroid dienone is 1. The topological polar surface area (TPSA) is 99.4 Å². The third kappa shape index (κ3) is 5.68. The van der Waals surface area contributed by atoms with Gasteiger partial charge in [0.15, 0.2) is 16.4 Å². The zero-order valence-corrected chi connectivity index (χ0v) is 23.7. The third-order valence-corrected chi connectivity index (χ3v) is 7.59. The first-order valence-corrected chi connectivity index (χ1v) is 13.7. The van der Waals surface area contributed by atoms with Crippen LogP contribution in [-0.4, -0.2) is 29.4 Å². The molecule has 1 unspecified atom stereocenters. The minimum Gasteiger partial charge on any atom is -0.508 e. The summed E-state index contributed by atoms with van der Waals surface area (Å²) in [7, 11) is 1.49. The number of hydrogen-bond donors (Lipinski definition) is 1. The SMILES string of the molecule is CCOC(=O)C1=C(C)N=c2sc(=Cc3ccc(OC)c(COc4ccc(F)cc4F)c3)c(=O)n2C1c1ccc(O)cc1. The molecule has 0 amide bonds. The van der Waals surface area contributed by atoms with Crippen LogP contribution in [0.4, 0.5) is 8.78 Å². The van der Waals surface area contributed by atoms with Gasteiger partial charge in [-0.2, -0.15) is 0 Å². The van der Waals surface area contributed by atoms with Crippen LogP contribution in [0.25, 0.3) is 6.08 Å². The first-order chi connectivity index (χ1) is 20.2. The van der Waals surface area contributed by atoms with E-state index in [1.807, 2.05) is 0 Å². The fraction of sp³-hybridized carbons (Fsp3) is 0.194. The summed E-state index contributed by atoms with van der Waals surface area (Å²) in [4.78, 5) is 31.8. The number of rotatable bonds is 8. The molecule has 0 fully saturated rings. The van der Waals surface area contributed by atoms with E-state index >= 15 is 0 Å². The van der Waals surface area contributed by atoms with Crippen molar-refractivity contribution in [2.45, 2.75) is 26.5 Å². The number of ether oxygens (including phenoxy) is 3. The summed E-state index contributed by atoms with van der Waals surface area (Å²) < 4.78 is 45.5. The molecular formula is C31H26F2N2O6S. The van der Waals surface area contributed by atoms with Crippen molar-refractivity contribution in [3.8, 4) is 17.2 Å². The van der Waals surface area contributed by atoms with Gasteiger partial charge < -0.3 is 19.3 Å². The Labute approximate surface area is 243 Å². The number of nitrogens with zero attached hydrogens (tertiary/aromatic N) is 2. The zero-order valence-electron chi connectivity index (χ0n) is 22.9. The Balaban J connectivity index is 1.57. The summed E-state index contributed by atoms with van der Waals surface area (Å²) in [5.41, 5.74) is 2.12. The molecule has 11 heteroatoms. The van der Waals surface area contributed by atoms with Gasteiger partial charge in [-0.15, -0.1) is 0 Å². The molecule has 0 saturated heterocycles. The molecule has 1 atom stereocenters. The maximum absolute atomic E-state index is 14.1. The Bertz CT molecular complexity index is 1880. The van der Waals surface area contributed by atoms with E-state index in [2.05, 4.69) is 4.99 Å². The smallest absolute Gasteiger partial charge is 0.338 e. The van der Waals surface area contributed by atoms with Crippen LogP contribution in [0.5, 0.6) is 17.2 Å². The second-order valence-electron chi connectivity index (χ2n) is 9.33. The summed E-state index contributed by atoms with van der Waals surface area (Å²) >= 11 is 1.16. The first kappa shape index (κ1) is 28.7. The van der Waals surface area contributed by atoms with Gasteiger partial charge in [0.25, 0.3) is 5.56 Å². The van der Waals surface area contributed by atoms with Gasteiger partial charge in [-0.25, -0.2) is 18.6 Å². The number of hydrogen-bond acceptors (Lipinski definition) is 8. The van der Waals surface area contributed by atoms with Crippen molar-refractivity contribution < 1.29 is 32.9 Å². The summed E-state index contributed by atoms with van der Waals surface area (Å²) in [6.45, 7) is 3.47. The average Bonchev–Trinajstić information content (AvgIpc) is 3.26. The molecule has 1 aliphatic heterocycles. The van der Waals surface area contributed by atoms with Crippen molar-refractivity contribution in [1.82, 2.24) is 4.57 Å². The number of esters is 1. The van der Waals surface area contributed by atoms with Gasteiger partial charge in [0, 0.05) is 11.6 Å². The maximum Gasteiger partial charge on any atom is 0.338 e. The van der Waals surface area contributed by atoms with Crippen molar-refractivity contribution in [3.05, 3.63) is 120 Å². The van der Waals surface area contributed by atoms with E-state index in [0.717, 1.165) is 23.5 Å². The van der Waals surface area contributed by atoms with Crippen LogP contribution in [0, 0.1) is 11.6 Å². The highest BCUT2D eigenvalue weighted by Gasteiger charge is 2.33. The number of carbonyl (C=O) groups is 1. The van der Waals surface area contributed by atoms with Crippen molar-refractivity contribution >= 4 is 23.4 Å². The molecule has 42 heavy (non-hydrogen) atoms. The van der Waals surface area contributed by atoms with Crippen LogP contribution in [0.15, 0.2) is 81.7 Å². The van der Waals surface area contributed by atoms with Crippen molar-refractivity contribution in [1.29, 1.82) is 0 Å². The number of phenolic OH excluding ortho intramolecular Hbond substituents is 1. The van der Waals surface area contributed by atoms with Crippen LogP contribution in [0.1, 0.15) is 36.6 Å². The molecular weight excluding hydrogens is 566 g/mol. The molecule has 1 aliphatic rings. The molecule has 0 aliphatic carbocycles. The number of aromatic hydroxyl groups is 1. The highest BCUT2D eigenvalue weighted by atomic mass is 32.1. The number of thiazole rings is 1. The number of benzene rings is 3. The molecule has 2 heterocycles. The van der Waals surface area contributed by atoms with Crippen molar-refractivity contribution in [2.24, 2.45) is 4.99 Å². The summed E-state index contributed by atoms with van der Waals surface area (Å²) in [5.74, 6) is -1.70. The van der Waals surface area contributed by atoms with Crippen molar-refractivity contribution in [2.75, 3.05) is 13.7 Å². The molecule has 5 rings (SSSR count). The largest absolute Gasteiger partial charge is 0.508 e. The summed E-state index contributed by atoms with van der Waals surface area (Å²) in [5, 5.41) is 9.83. The highest BCUT2D eigenvalue weighted by molar-refractivity contribution is 7.07. The first-order valence-electron chi connectivity index (χ1n) is 12.9. The lowest BCUT2D eigenvalue weighted by molar-refractivity contribution is -0.139. The second-order valence-corrected chi connectivity index (χ2v) is 10.3. The molecule has 0 saturated carbocycles. The van der Waals surface area contributed by atoms with Crippen LogP contribution in [0.3, 0.4) is 0 Å². The van der Waals surface area contributed by atoms with Crippen LogP contribution in [-0.2, 0) is 16.1 Å². The number of fused-ring (bicyclic) bond motifs is 1. The summed E-state index contributed by atoms with van der Waals surface area (Å²) in [6.07, 6.45) is 1.68. The molecule has 8 nitrogen and oxygen atoms in total. The monoisotopic (exact) mass is 592 g/mol. The van der Waals surface area contributed by atoms with E-state index < -0.39 is 23.6 Å². The maximum atomic E-state index is 14.1. The second kappa shape index (κ2) is 12.0. The molecule has 1 aromatic heterocycles. The minimum atomic E-state index is -0.827. The predicted molar refractivity (Wildman–Crippen MR) is 152 cm³/mol. The normalized spacial score (nSPS) is 14.8. The Morgan fingerprint density at radius 1 is 1.10 bits per heavy atom. The lowest BCUT2D eigenvalue weighted by Crippen LogP contribution is -2.39. The zero-order chi connectivity index (χ0) is 30.0. The van der Waals surface area contributed by atoms with Gasteiger partial charge in [0.2, 0.25) is 0 Å². The van der Waals surface area contributed by atoms with Crippen LogP contribution >= 0.6 is 11.3 Å². The van der Waals surface area contributed by atoms with Gasteiger partial charge in [0.05, 0.1) is 35.6 Å². The number of aromatic nitrogens is 1. The van der Waals surface area contributed by atoms with Gasteiger partial charge in [-0.1, -0.05) is 29.5 Å². The van der Waals surface area contributed by atoms with E-state index in [1.165, 1.54) is 29.9 Å². The van der Waals surface area contributed by atoms with Gasteiger partial charge >= 0.3 is 5.97 Å². The minimum absolute atomic E-state index is 0.0472. The fourth-order valence-corrected chi connectivity index (χ4v) is 5.71. The average molecular weight is 593 g/mol. The molecule has 216 valence electrons. The predicted octanol–water partition coefficient (Wildman–Crippen LogP) is 4.37. The lowest BCUT2D eigenvalue weighted by Gasteiger charge is -2.24. The molecule has 4 aromatic rings. The standard InChI is InChI=1S/C31H26F2N2O6S/c1-4-40-30(38)27-17(2)34-31-35(28(27)19-6-9-22(36)10-7-19)29(37)26(42-31)14-18-5-11-24(39-3)20(13-18)16-41-25-12-8-21(32)15-23(25)33/h5-15,28,36H,4,16H2,1-3H3. The van der Waals surface area contributed by atoms with E-state index in [0.29, 0.717) is 37.5 Å². The van der Waals surface area contributed by atoms with Crippen molar-refractivity contribution in [3.63, 3.8) is 0 Å². The molecule has 3 aromatic carbocycles. The number of methoxy groups -OCH3 is 1. The van der Waals surface area contributed by atoms with Crippen LogP contribution < -0.4 is 24.4 Å². The van der Waals surface area contributed by atoms with Crippen LogP contribution in [0.2, 0.25) is 0 Å². The third-order valence-electron chi connectivity index (χ3n) is 6.61. The Kier molecular flexibility index (Phi) is 8.21. The number of carbonyl (C=O) groups excluding carboxylic acids is 1. The Morgan fingerprint density at radius 2 is 1.83 bits per heavy atom. The summed E-state index contributed by atoms with van der Waals surface area (Å²) in [6, 6.07) is 13.7. The quantitative estimate of drug-likeness (QED) is 0.305. The van der Waals surface area contributed by atoms with E-state index in [4.69, 9.17) is 14.2 Å². The molecule has 0 bridgehead atoms. The van der Waals surface area contributed by atoms with Gasteiger partial charge in [-0.3, -0.25) is 9.36 Å². The lowest BCUT2D eigenvalue weighted by atomic mass is 9.96. The number of halogens is 2. The van der Waals surface area contributed by atoms with Gasteiger partial charge in [-0.05, 0) is 67.4 Å². The highest BCUT2D eigenvalue weighted by Crippen LogP contribution is 2.31. The van der Waals surface area contributed by atoms with E-state index in [1.54, 1.807) is 50.3 Å². The fourth-order valence-electron chi connectivity index (χ4n) is 4.66. The van der Waals surface area contributed by atoms with E-state index in [-0.39, 0.29) is 35.8 Å². The number of phenols is 1. The molecule has 0 spiro atoms.